The van der Waals surface area contributed by atoms with Gasteiger partial charge in [0.1, 0.15) is 18.3 Å². The van der Waals surface area contributed by atoms with Gasteiger partial charge in [-0.1, -0.05) is 70.3 Å². The molecule has 0 bridgehead atoms. The van der Waals surface area contributed by atoms with Gasteiger partial charge in [0.15, 0.2) is 0 Å². The maximum atomic E-state index is 14.3. The van der Waals surface area contributed by atoms with Crippen LogP contribution >= 0.6 is 23.5 Å². The third kappa shape index (κ3) is 23.0. The third-order valence-electron chi connectivity index (χ3n) is 7.05. The number of aliphatic imine (C=N–C) groups is 1. The van der Waals surface area contributed by atoms with Crippen molar-refractivity contribution in [3.8, 4) is 0 Å². The molecular formula is C35H59F3N4O6S2. The number of hydrogen-bond acceptors (Lipinski definition) is 10. The van der Waals surface area contributed by atoms with Crippen molar-refractivity contribution in [3.05, 3.63) is 40.8 Å². The summed E-state index contributed by atoms with van der Waals surface area (Å²) in [5.74, 6) is 2.47. The Morgan fingerprint density at radius 2 is 1.42 bits per heavy atom. The van der Waals surface area contributed by atoms with Crippen molar-refractivity contribution in [3.63, 3.8) is 0 Å². The lowest BCUT2D eigenvalue weighted by molar-refractivity contribution is -0.234. The lowest BCUT2D eigenvalue weighted by atomic mass is 10.2. The molecule has 0 aliphatic rings. The quantitative estimate of drug-likeness (QED) is 0.0140. The Morgan fingerprint density at radius 3 is 2.06 bits per heavy atom. The second-order valence-electron chi connectivity index (χ2n) is 11.8. The molecule has 0 saturated carbocycles. The molecule has 0 aliphatic carbocycles. The van der Waals surface area contributed by atoms with Gasteiger partial charge in [-0.25, -0.2) is 4.99 Å². The number of alkyl halides is 3. The Morgan fingerprint density at radius 1 is 0.820 bits per heavy atom. The van der Waals surface area contributed by atoms with Crippen molar-refractivity contribution in [2.45, 2.75) is 104 Å². The normalized spacial score (nSPS) is 15.2. The lowest BCUT2D eigenvalue weighted by Gasteiger charge is -2.33. The molecule has 0 amide bonds. The average molecular weight is 753 g/mol. The van der Waals surface area contributed by atoms with Crippen molar-refractivity contribution < 1.29 is 41.6 Å². The molecule has 50 heavy (non-hydrogen) atoms. The monoisotopic (exact) mass is 752 g/mol. The Balaban J connectivity index is 3.16. The summed E-state index contributed by atoms with van der Waals surface area (Å²) >= 11 is 3.53. The van der Waals surface area contributed by atoms with E-state index in [1.807, 2.05) is 6.92 Å². The first-order valence-electron chi connectivity index (χ1n) is 17.7. The number of hydrogen-bond donors (Lipinski definition) is 0. The second kappa shape index (κ2) is 29.8. The highest BCUT2D eigenvalue weighted by atomic mass is 32.2. The van der Waals surface area contributed by atoms with Gasteiger partial charge in [0.25, 0.3) is 5.90 Å². The summed E-state index contributed by atoms with van der Waals surface area (Å²) in [7, 11) is 0. The van der Waals surface area contributed by atoms with E-state index < -0.39 is 36.7 Å². The molecule has 10 nitrogen and oxygen atoms in total. The van der Waals surface area contributed by atoms with Gasteiger partial charge in [0.2, 0.25) is 6.29 Å². The smallest absolute Gasteiger partial charge is 0.441 e. The number of nitrogens with zero attached hydrogens (tertiary/aromatic N) is 4. The molecule has 0 fully saturated rings. The van der Waals surface area contributed by atoms with Crippen LogP contribution in [0.25, 0.3) is 10.4 Å². The summed E-state index contributed by atoms with van der Waals surface area (Å²) in [6.07, 6.45) is -3.55. The van der Waals surface area contributed by atoms with E-state index >= 15 is 0 Å². The molecule has 0 spiro atoms. The van der Waals surface area contributed by atoms with Crippen LogP contribution in [0.3, 0.4) is 0 Å². The summed E-state index contributed by atoms with van der Waals surface area (Å²) in [6, 6.07) is 7.85. The minimum absolute atomic E-state index is 0.0536. The highest BCUT2D eigenvalue weighted by Gasteiger charge is 2.42. The van der Waals surface area contributed by atoms with Crippen LogP contribution in [0.15, 0.2) is 40.4 Å². The summed E-state index contributed by atoms with van der Waals surface area (Å²) in [5.41, 5.74) is 8.51. The molecule has 5 atom stereocenters. The zero-order valence-corrected chi connectivity index (χ0v) is 32.1. The third-order valence-corrected chi connectivity index (χ3v) is 9.59. The number of halogens is 3. The van der Waals surface area contributed by atoms with Gasteiger partial charge in [-0.2, -0.15) is 36.7 Å². The largest absolute Gasteiger partial charge is 0.468 e. The number of thioether (sulfide) groups is 2. The van der Waals surface area contributed by atoms with Gasteiger partial charge in [0, 0.05) is 37.0 Å². The van der Waals surface area contributed by atoms with E-state index in [1.165, 1.54) is 12.1 Å². The van der Waals surface area contributed by atoms with Crippen molar-refractivity contribution in [2.24, 2.45) is 16.0 Å². The SMILES string of the molecule is CCCCOC[C@@H](OCCCC)C(COCCSCC(C)CSCCN=[N+]=[N-])O[C@@H](O/C(=N/c1ccccc1)C(F)(F)F)[C@H](C)OCCCC. The Kier molecular flexibility index (Phi) is 27.6. The predicted octanol–water partition coefficient (Wildman–Crippen LogP) is 9.64. The Hall–Kier alpha value is -1.71. The number of para-hydroxylation sites is 1. The van der Waals surface area contributed by atoms with Gasteiger partial charge in [-0.15, -0.1) is 0 Å². The van der Waals surface area contributed by atoms with Crippen LogP contribution in [0.5, 0.6) is 0 Å². The molecule has 1 aromatic carbocycles. The molecule has 0 heterocycles. The van der Waals surface area contributed by atoms with Crippen LogP contribution in [-0.2, 0) is 28.4 Å². The number of ether oxygens (including phenoxy) is 6. The average Bonchev–Trinajstić information content (AvgIpc) is 3.09. The number of benzene rings is 1. The molecule has 0 saturated heterocycles. The minimum atomic E-state index is -4.88. The molecule has 0 aromatic heterocycles. The number of unbranched alkanes of at least 4 members (excludes halogenated alkanes) is 3. The van der Waals surface area contributed by atoms with Crippen LogP contribution in [0.2, 0.25) is 0 Å². The van der Waals surface area contributed by atoms with E-state index in [0.717, 1.165) is 61.5 Å². The molecule has 15 heteroatoms. The van der Waals surface area contributed by atoms with Gasteiger partial charge < -0.3 is 28.4 Å². The van der Waals surface area contributed by atoms with E-state index in [4.69, 9.17) is 34.0 Å². The Labute approximate surface area is 305 Å². The molecule has 1 aromatic rings. The van der Waals surface area contributed by atoms with Gasteiger partial charge in [-0.3, -0.25) is 0 Å². The van der Waals surface area contributed by atoms with Crippen molar-refractivity contribution in [1.82, 2.24) is 0 Å². The number of rotatable bonds is 31. The molecule has 1 rings (SSSR count). The highest BCUT2D eigenvalue weighted by Crippen LogP contribution is 2.26. The first-order chi connectivity index (χ1) is 24.2. The summed E-state index contributed by atoms with van der Waals surface area (Å²) in [4.78, 5) is 6.57. The molecule has 288 valence electrons. The fourth-order valence-electron chi connectivity index (χ4n) is 4.19. The maximum Gasteiger partial charge on any atom is 0.468 e. The van der Waals surface area contributed by atoms with Crippen molar-refractivity contribution in [1.29, 1.82) is 0 Å². The van der Waals surface area contributed by atoms with Gasteiger partial charge in [0.05, 0.1) is 25.5 Å². The van der Waals surface area contributed by atoms with E-state index in [-0.39, 0.29) is 18.9 Å². The van der Waals surface area contributed by atoms with E-state index in [1.54, 1.807) is 48.6 Å². The first-order valence-corrected chi connectivity index (χ1v) is 20.0. The molecule has 0 N–H and O–H groups in total. The van der Waals surface area contributed by atoms with Crippen molar-refractivity contribution in [2.75, 3.05) is 69.2 Å². The summed E-state index contributed by atoms with van der Waals surface area (Å²) < 4.78 is 79.1. The van der Waals surface area contributed by atoms with Crippen LogP contribution < -0.4 is 0 Å². The standard InChI is InChI=1S/C35H59F3N4O6S2/c1-6-9-18-43-24-31(46-20-11-8-3)32(25-44-21-23-50-27-28(4)26-49-22-17-40-42-39)47-33(29(5)45-19-10-7-2)48-34(35(36,37)38)41-30-15-13-12-14-16-30/h12-16,28-29,31-33H,6-11,17-27H2,1-5H3/b41-34+/t28?,29-,31+,32?,33-/m0/s1. The van der Waals surface area contributed by atoms with Gasteiger partial charge in [-0.05, 0) is 67.0 Å². The van der Waals surface area contributed by atoms with Gasteiger partial charge >= 0.3 is 6.18 Å². The fraction of sp³-hybridized carbons (Fsp3) is 0.800. The van der Waals surface area contributed by atoms with E-state index in [9.17, 15) is 13.2 Å². The molecule has 0 radical (unpaired) electrons. The summed E-state index contributed by atoms with van der Waals surface area (Å²) in [5, 5.41) is 3.56. The molecular weight excluding hydrogens is 694 g/mol. The first kappa shape index (κ1) is 46.3. The molecule has 0 aliphatic heterocycles. The van der Waals surface area contributed by atoms with Crippen LogP contribution in [0.1, 0.15) is 73.1 Å². The fourth-order valence-corrected chi connectivity index (χ4v) is 6.16. The van der Waals surface area contributed by atoms with Crippen molar-refractivity contribution >= 4 is 35.1 Å². The van der Waals surface area contributed by atoms with Crippen LogP contribution in [0, 0.1) is 5.92 Å². The summed E-state index contributed by atoms with van der Waals surface area (Å²) in [6.45, 7) is 12.4. The zero-order chi connectivity index (χ0) is 36.9. The lowest BCUT2D eigenvalue weighted by Crippen LogP contribution is -2.47. The number of azide groups is 1. The topological polar surface area (TPSA) is 117 Å². The van der Waals surface area contributed by atoms with E-state index in [2.05, 4.69) is 35.8 Å². The minimum Gasteiger partial charge on any atom is -0.441 e. The van der Waals surface area contributed by atoms with E-state index in [0.29, 0.717) is 38.9 Å². The maximum absolute atomic E-state index is 14.3. The zero-order valence-electron chi connectivity index (χ0n) is 30.5. The second-order valence-corrected chi connectivity index (χ2v) is 14.1. The van der Waals surface area contributed by atoms with Crippen LogP contribution in [0.4, 0.5) is 18.9 Å². The predicted molar refractivity (Wildman–Crippen MR) is 199 cm³/mol. The highest BCUT2D eigenvalue weighted by molar-refractivity contribution is 8.00. The molecule has 2 unspecified atom stereocenters. The van der Waals surface area contributed by atoms with Crippen LogP contribution in [-0.4, -0.2) is 106 Å². The Bertz CT molecular complexity index is 1040.